The molecule has 1 atom stereocenters. The van der Waals surface area contributed by atoms with Crippen molar-refractivity contribution in [1.82, 2.24) is 15.2 Å². The van der Waals surface area contributed by atoms with E-state index in [4.69, 9.17) is 4.74 Å². The summed E-state index contributed by atoms with van der Waals surface area (Å²) in [6.07, 6.45) is 2.84. The van der Waals surface area contributed by atoms with Crippen LogP contribution in [-0.4, -0.2) is 34.8 Å². The van der Waals surface area contributed by atoms with Crippen LogP contribution in [0.4, 0.5) is 0 Å². The highest BCUT2D eigenvalue weighted by Gasteiger charge is 2.39. The first-order chi connectivity index (χ1) is 17.4. The summed E-state index contributed by atoms with van der Waals surface area (Å²) < 4.78 is 6.12. The lowest BCUT2D eigenvalue weighted by molar-refractivity contribution is -0.134. The molecular formula is C29H33N3O3S. The third-order valence-electron chi connectivity index (χ3n) is 6.77. The van der Waals surface area contributed by atoms with Gasteiger partial charge in [-0.05, 0) is 60.9 Å². The van der Waals surface area contributed by atoms with Crippen LogP contribution in [0.5, 0.6) is 5.75 Å². The second-order valence-electron chi connectivity index (χ2n) is 10.2. The van der Waals surface area contributed by atoms with Gasteiger partial charge in [0, 0.05) is 24.4 Å². The molecular weight excluding hydrogens is 470 g/mol. The second kappa shape index (κ2) is 10.4. The van der Waals surface area contributed by atoms with Gasteiger partial charge in [-0.25, -0.2) is 4.98 Å². The minimum atomic E-state index is -0.152. The highest BCUT2D eigenvalue weighted by molar-refractivity contribution is 7.09. The lowest BCUT2D eigenvalue weighted by atomic mass is 9.87. The smallest absolute Gasteiger partial charge is 0.270 e. The number of nitrogens with zero attached hydrogens (tertiary/aromatic N) is 2. The van der Waals surface area contributed by atoms with Crippen LogP contribution in [0.1, 0.15) is 70.5 Å². The first-order valence-corrected chi connectivity index (χ1v) is 13.6. The predicted octanol–water partition coefficient (Wildman–Crippen LogP) is 5.30. The number of hydrogen-bond donors (Lipinski definition) is 1. The Hall–Kier alpha value is -3.19. The number of rotatable bonds is 8. The fourth-order valence-corrected chi connectivity index (χ4v) is 5.29. The molecule has 7 heteroatoms. The van der Waals surface area contributed by atoms with Gasteiger partial charge < -0.3 is 15.0 Å². The molecule has 188 valence electrons. The zero-order chi connectivity index (χ0) is 25.2. The predicted molar refractivity (Wildman–Crippen MR) is 141 cm³/mol. The van der Waals surface area contributed by atoms with Crippen LogP contribution in [0, 0.1) is 18.8 Å². The SMILES string of the molecule is Cc1ccc([C@H]2c3cc(OCc4nc(C(=O)NCC(C)C)cs4)ccc3CCN2C(=O)C2CC2)cc1. The Bertz CT molecular complexity index is 1250. The second-order valence-corrected chi connectivity index (χ2v) is 11.2. The Labute approximate surface area is 216 Å². The molecule has 1 aliphatic carbocycles. The number of aromatic nitrogens is 1. The van der Waals surface area contributed by atoms with Crippen molar-refractivity contribution >= 4 is 23.2 Å². The highest BCUT2D eigenvalue weighted by Crippen LogP contribution is 2.41. The maximum absolute atomic E-state index is 13.2. The van der Waals surface area contributed by atoms with E-state index in [-0.39, 0.29) is 23.8 Å². The summed E-state index contributed by atoms with van der Waals surface area (Å²) in [5.41, 5.74) is 5.14. The van der Waals surface area contributed by atoms with E-state index in [2.05, 4.69) is 72.4 Å². The molecule has 5 rings (SSSR count). The first kappa shape index (κ1) is 24.5. The molecule has 2 amide bonds. The fraction of sp³-hybridized carbons (Fsp3) is 0.414. The van der Waals surface area contributed by atoms with Gasteiger partial charge in [-0.15, -0.1) is 11.3 Å². The van der Waals surface area contributed by atoms with Gasteiger partial charge in [0.1, 0.15) is 23.1 Å². The Morgan fingerprint density at radius 1 is 1.17 bits per heavy atom. The Balaban J connectivity index is 1.35. The lowest BCUT2D eigenvalue weighted by Gasteiger charge is -2.38. The van der Waals surface area contributed by atoms with E-state index in [1.807, 2.05) is 6.07 Å². The molecule has 0 radical (unpaired) electrons. The van der Waals surface area contributed by atoms with E-state index >= 15 is 0 Å². The molecule has 1 aliphatic heterocycles. The van der Waals surface area contributed by atoms with Crippen molar-refractivity contribution in [3.05, 3.63) is 80.8 Å². The maximum atomic E-state index is 13.2. The van der Waals surface area contributed by atoms with Crippen molar-refractivity contribution in [2.75, 3.05) is 13.1 Å². The number of aryl methyl sites for hydroxylation is 1. The molecule has 0 saturated heterocycles. The van der Waals surface area contributed by atoms with Gasteiger partial charge in [0.2, 0.25) is 5.91 Å². The number of amides is 2. The van der Waals surface area contributed by atoms with E-state index in [0.717, 1.165) is 47.7 Å². The fourth-order valence-electron chi connectivity index (χ4n) is 4.61. The lowest BCUT2D eigenvalue weighted by Crippen LogP contribution is -2.41. The molecule has 1 aromatic heterocycles. The molecule has 1 fully saturated rings. The van der Waals surface area contributed by atoms with Gasteiger partial charge >= 0.3 is 0 Å². The van der Waals surface area contributed by atoms with Crippen LogP contribution in [0.3, 0.4) is 0 Å². The topological polar surface area (TPSA) is 71.5 Å². The van der Waals surface area contributed by atoms with Crippen LogP contribution in [-0.2, 0) is 17.8 Å². The largest absolute Gasteiger partial charge is 0.486 e. The van der Waals surface area contributed by atoms with Crippen molar-refractivity contribution in [1.29, 1.82) is 0 Å². The third-order valence-corrected chi connectivity index (χ3v) is 7.59. The number of hydrogen-bond acceptors (Lipinski definition) is 5. The van der Waals surface area contributed by atoms with Crippen molar-refractivity contribution in [2.45, 2.75) is 52.7 Å². The standard InChI is InChI=1S/C29H33N3O3S/c1-18(2)15-30-28(33)25-17-36-26(31-25)16-35-23-11-10-20-12-13-32(29(34)22-8-9-22)27(24(20)14-23)21-6-4-19(3)5-7-21/h4-7,10-11,14,17-18,22,27H,8-9,12-13,15-16H2,1-3H3,(H,30,33)/t27-/m0/s1. The van der Waals surface area contributed by atoms with Gasteiger partial charge in [0.25, 0.3) is 5.91 Å². The van der Waals surface area contributed by atoms with Crippen LogP contribution in [0.15, 0.2) is 47.8 Å². The zero-order valence-electron chi connectivity index (χ0n) is 21.1. The molecule has 2 aliphatic rings. The molecule has 0 spiro atoms. The summed E-state index contributed by atoms with van der Waals surface area (Å²) in [7, 11) is 0. The van der Waals surface area contributed by atoms with E-state index < -0.39 is 0 Å². The van der Waals surface area contributed by atoms with Crippen molar-refractivity contribution in [3.8, 4) is 5.75 Å². The summed E-state index contributed by atoms with van der Waals surface area (Å²) in [6, 6.07) is 14.6. The van der Waals surface area contributed by atoms with Crippen LogP contribution in [0.25, 0.3) is 0 Å². The number of carbonyl (C=O) groups is 2. The average molecular weight is 504 g/mol. The molecule has 0 unspecified atom stereocenters. The van der Waals surface area contributed by atoms with Crippen molar-refractivity contribution < 1.29 is 14.3 Å². The highest BCUT2D eigenvalue weighted by atomic mass is 32.1. The maximum Gasteiger partial charge on any atom is 0.270 e. The van der Waals surface area contributed by atoms with E-state index in [1.54, 1.807) is 5.38 Å². The first-order valence-electron chi connectivity index (χ1n) is 12.7. The molecule has 3 aromatic rings. The van der Waals surface area contributed by atoms with Crippen molar-refractivity contribution in [3.63, 3.8) is 0 Å². The molecule has 1 N–H and O–H groups in total. The summed E-state index contributed by atoms with van der Waals surface area (Å²) >= 11 is 1.42. The van der Waals surface area contributed by atoms with Gasteiger partial charge in [-0.2, -0.15) is 0 Å². The minimum absolute atomic E-state index is 0.109. The van der Waals surface area contributed by atoms with E-state index in [9.17, 15) is 9.59 Å². The summed E-state index contributed by atoms with van der Waals surface area (Å²) in [6.45, 7) is 7.85. The number of carbonyl (C=O) groups excluding carboxylic acids is 2. The van der Waals surface area contributed by atoms with Crippen LogP contribution in [0.2, 0.25) is 0 Å². The van der Waals surface area contributed by atoms with Crippen LogP contribution < -0.4 is 10.1 Å². The normalized spacial score (nSPS) is 17.1. The summed E-state index contributed by atoms with van der Waals surface area (Å²) in [5, 5.41) is 5.43. The van der Waals surface area contributed by atoms with E-state index in [1.165, 1.54) is 22.5 Å². The average Bonchev–Trinajstić information content (AvgIpc) is 3.62. The third kappa shape index (κ3) is 5.46. The number of thiazole rings is 1. The number of ether oxygens (including phenoxy) is 1. The summed E-state index contributed by atoms with van der Waals surface area (Å²) in [5.74, 6) is 1.42. The Kier molecular flexibility index (Phi) is 7.10. The monoisotopic (exact) mass is 503 g/mol. The Morgan fingerprint density at radius 3 is 2.67 bits per heavy atom. The van der Waals surface area contributed by atoms with Crippen molar-refractivity contribution in [2.24, 2.45) is 11.8 Å². The molecule has 0 bridgehead atoms. The number of benzene rings is 2. The zero-order valence-corrected chi connectivity index (χ0v) is 21.9. The van der Waals surface area contributed by atoms with Gasteiger partial charge in [0.05, 0.1) is 6.04 Å². The van der Waals surface area contributed by atoms with Gasteiger partial charge in [0.15, 0.2) is 0 Å². The molecule has 6 nitrogen and oxygen atoms in total. The summed E-state index contributed by atoms with van der Waals surface area (Å²) in [4.78, 5) is 32.0. The molecule has 36 heavy (non-hydrogen) atoms. The van der Waals surface area contributed by atoms with Gasteiger partial charge in [-0.3, -0.25) is 9.59 Å². The molecule has 2 aromatic carbocycles. The quantitative estimate of drug-likeness (QED) is 0.453. The number of nitrogens with one attached hydrogen (secondary N) is 1. The van der Waals surface area contributed by atoms with E-state index in [0.29, 0.717) is 24.8 Å². The molecule has 2 heterocycles. The number of fused-ring (bicyclic) bond motifs is 1. The van der Waals surface area contributed by atoms with Crippen LogP contribution >= 0.6 is 11.3 Å². The molecule has 1 saturated carbocycles. The minimum Gasteiger partial charge on any atom is -0.486 e. The Morgan fingerprint density at radius 2 is 1.94 bits per heavy atom. The van der Waals surface area contributed by atoms with Gasteiger partial charge in [-0.1, -0.05) is 49.7 Å².